The van der Waals surface area contributed by atoms with Gasteiger partial charge in [-0.05, 0) is 32.4 Å². The van der Waals surface area contributed by atoms with Crippen molar-refractivity contribution in [2.24, 2.45) is 0 Å². The van der Waals surface area contributed by atoms with Gasteiger partial charge >= 0.3 is 0 Å². The normalized spacial score (nSPS) is 11.4. The van der Waals surface area contributed by atoms with Gasteiger partial charge in [0.25, 0.3) is 0 Å². The summed E-state index contributed by atoms with van der Waals surface area (Å²) in [5, 5.41) is 10.4. The molecule has 0 aliphatic rings. The lowest BCUT2D eigenvalue weighted by Gasteiger charge is -2.24. The van der Waals surface area contributed by atoms with Crippen LogP contribution >= 0.6 is 11.6 Å². The molecule has 16 heavy (non-hydrogen) atoms. The highest BCUT2D eigenvalue weighted by Crippen LogP contribution is 2.43. The molecule has 4 heteroatoms. The van der Waals surface area contributed by atoms with E-state index < -0.39 is 5.60 Å². The highest BCUT2D eigenvalue weighted by atomic mass is 35.5. The van der Waals surface area contributed by atoms with E-state index in [1.165, 1.54) is 7.11 Å². The summed E-state index contributed by atoms with van der Waals surface area (Å²) in [6.45, 7) is 5.25. The molecule has 0 saturated carbocycles. The van der Waals surface area contributed by atoms with Crippen LogP contribution < -0.4 is 9.47 Å². The van der Waals surface area contributed by atoms with Crippen LogP contribution in [0.4, 0.5) is 0 Å². The first-order chi connectivity index (χ1) is 7.32. The van der Waals surface area contributed by atoms with Gasteiger partial charge in [0.2, 0.25) is 0 Å². The van der Waals surface area contributed by atoms with Crippen LogP contribution in [0.15, 0.2) is 6.07 Å². The Hall–Kier alpha value is -0.930. The first kappa shape index (κ1) is 13.1. The van der Waals surface area contributed by atoms with Crippen LogP contribution in [0.2, 0.25) is 5.02 Å². The third-order valence-corrected chi connectivity index (χ3v) is 2.78. The van der Waals surface area contributed by atoms with Crippen LogP contribution in [-0.2, 0) is 5.60 Å². The highest BCUT2D eigenvalue weighted by Gasteiger charge is 2.26. The van der Waals surface area contributed by atoms with Crippen molar-refractivity contribution in [1.29, 1.82) is 0 Å². The van der Waals surface area contributed by atoms with E-state index in [0.29, 0.717) is 22.1 Å². The van der Waals surface area contributed by atoms with Crippen molar-refractivity contribution < 1.29 is 14.6 Å². The molecule has 0 spiro atoms. The molecule has 0 aliphatic carbocycles. The maximum absolute atomic E-state index is 10.1. The highest BCUT2D eigenvalue weighted by molar-refractivity contribution is 6.33. The lowest BCUT2D eigenvalue weighted by Crippen LogP contribution is -2.18. The summed E-state index contributed by atoms with van der Waals surface area (Å²) in [6.07, 6.45) is 0. The van der Waals surface area contributed by atoms with E-state index >= 15 is 0 Å². The first-order valence-electron chi connectivity index (χ1n) is 4.96. The van der Waals surface area contributed by atoms with Gasteiger partial charge in [0.05, 0.1) is 24.8 Å². The van der Waals surface area contributed by atoms with E-state index in [0.717, 1.165) is 5.56 Å². The zero-order chi connectivity index (χ0) is 12.5. The van der Waals surface area contributed by atoms with E-state index in [4.69, 9.17) is 21.1 Å². The third kappa shape index (κ3) is 2.25. The minimum Gasteiger partial charge on any atom is -0.493 e. The maximum atomic E-state index is 10.1. The Morgan fingerprint density at radius 1 is 1.25 bits per heavy atom. The van der Waals surface area contributed by atoms with Gasteiger partial charge in [-0.2, -0.15) is 0 Å². The van der Waals surface area contributed by atoms with Gasteiger partial charge in [0, 0.05) is 5.56 Å². The second-order valence-corrected chi connectivity index (χ2v) is 4.55. The Labute approximate surface area is 101 Å². The van der Waals surface area contributed by atoms with Crippen LogP contribution in [0, 0.1) is 6.92 Å². The molecule has 0 saturated heterocycles. The zero-order valence-electron chi connectivity index (χ0n) is 10.2. The lowest BCUT2D eigenvalue weighted by molar-refractivity contribution is 0.0777. The summed E-state index contributed by atoms with van der Waals surface area (Å²) < 4.78 is 10.4. The van der Waals surface area contributed by atoms with E-state index in [9.17, 15) is 5.11 Å². The van der Waals surface area contributed by atoms with Crippen molar-refractivity contribution in [3.8, 4) is 11.5 Å². The number of aliphatic hydroxyl groups is 1. The summed E-state index contributed by atoms with van der Waals surface area (Å²) >= 11 is 6.22. The Kier molecular flexibility index (Phi) is 3.71. The van der Waals surface area contributed by atoms with Gasteiger partial charge in [-0.25, -0.2) is 0 Å². The van der Waals surface area contributed by atoms with Crippen molar-refractivity contribution in [1.82, 2.24) is 0 Å². The monoisotopic (exact) mass is 244 g/mol. The predicted octanol–water partition coefficient (Wildman–Crippen LogP) is 2.89. The molecule has 0 heterocycles. The molecule has 0 bridgehead atoms. The van der Waals surface area contributed by atoms with Gasteiger partial charge in [0.1, 0.15) is 0 Å². The summed E-state index contributed by atoms with van der Waals surface area (Å²) in [4.78, 5) is 0. The second kappa shape index (κ2) is 4.52. The molecule has 0 radical (unpaired) electrons. The fourth-order valence-corrected chi connectivity index (χ4v) is 2.37. The number of hydrogen-bond acceptors (Lipinski definition) is 3. The van der Waals surface area contributed by atoms with E-state index in [-0.39, 0.29) is 0 Å². The number of methoxy groups -OCH3 is 2. The number of halogens is 1. The Morgan fingerprint density at radius 2 is 1.81 bits per heavy atom. The van der Waals surface area contributed by atoms with Crippen molar-refractivity contribution >= 4 is 11.6 Å². The molecule has 3 nitrogen and oxygen atoms in total. The zero-order valence-corrected chi connectivity index (χ0v) is 11.0. The van der Waals surface area contributed by atoms with E-state index in [1.54, 1.807) is 27.0 Å². The average molecular weight is 245 g/mol. The topological polar surface area (TPSA) is 38.7 Å². The Bertz CT molecular complexity index is 394. The first-order valence-corrected chi connectivity index (χ1v) is 5.34. The molecule has 0 amide bonds. The minimum absolute atomic E-state index is 0.395. The molecule has 90 valence electrons. The quantitative estimate of drug-likeness (QED) is 0.889. The molecular weight excluding hydrogens is 228 g/mol. The van der Waals surface area contributed by atoms with Crippen LogP contribution in [0.3, 0.4) is 0 Å². The number of ether oxygens (including phenoxy) is 2. The third-order valence-electron chi connectivity index (χ3n) is 2.42. The molecule has 0 unspecified atom stereocenters. The molecule has 1 N–H and O–H groups in total. The molecule has 0 aliphatic heterocycles. The summed E-state index contributed by atoms with van der Waals surface area (Å²) in [5.74, 6) is 1.02. The van der Waals surface area contributed by atoms with Gasteiger partial charge in [0.15, 0.2) is 11.5 Å². The molecular formula is C12H17ClO3. The molecule has 1 rings (SSSR count). The maximum Gasteiger partial charge on any atom is 0.179 e. The summed E-state index contributed by atoms with van der Waals surface area (Å²) in [5.41, 5.74) is 0.516. The molecule has 1 aromatic carbocycles. The number of hydrogen-bond donors (Lipinski definition) is 1. The fourth-order valence-electron chi connectivity index (χ4n) is 1.82. The average Bonchev–Trinajstić information content (AvgIpc) is 2.14. The van der Waals surface area contributed by atoms with Crippen molar-refractivity contribution in [2.45, 2.75) is 26.4 Å². The van der Waals surface area contributed by atoms with Crippen LogP contribution in [0.1, 0.15) is 25.0 Å². The standard InChI is InChI=1S/C12H17ClO3/c1-7-6-8(15-4)11(16-5)10(13)9(7)12(2,3)14/h6,14H,1-5H3. The largest absolute Gasteiger partial charge is 0.493 e. The molecule has 0 fully saturated rings. The van der Waals surface area contributed by atoms with Crippen LogP contribution in [0.25, 0.3) is 0 Å². The van der Waals surface area contributed by atoms with Crippen LogP contribution in [-0.4, -0.2) is 19.3 Å². The molecule has 0 aromatic heterocycles. The smallest absolute Gasteiger partial charge is 0.179 e. The van der Waals surface area contributed by atoms with E-state index in [2.05, 4.69) is 0 Å². The summed E-state index contributed by atoms with van der Waals surface area (Å²) in [7, 11) is 3.07. The number of aryl methyl sites for hydroxylation is 1. The molecule has 0 atom stereocenters. The number of benzene rings is 1. The van der Waals surface area contributed by atoms with Gasteiger partial charge in [-0.1, -0.05) is 11.6 Å². The van der Waals surface area contributed by atoms with Crippen LogP contribution in [0.5, 0.6) is 11.5 Å². The number of rotatable bonds is 3. The SMILES string of the molecule is COc1cc(C)c(C(C)(C)O)c(Cl)c1OC. The Balaban J connectivity index is 3.54. The van der Waals surface area contributed by atoms with Gasteiger partial charge in [-0.3, -0.25) is 0 Å². The Morgan fingerprint density at radius 3 is 2.19 bits per heavy atom. The van der Waals surface area contributed by atoms with Crippen molar-refractivity contribution in [3.05, 3.63) is 22.2 Å². The van der Waals surface area contributed by atoms with Gasteiger partial charge < -0.3 is 14.6 Å². The second-order valence-electron chi connectivity index (χ2n) is 4.18. The van der Waals surface area contributed by atoms with Crippen molar-refractivity contribution in [2.75, 3.05) is 14.2 Å². The minimum atomic E-state index is -1.01. The lowest BCUT2D eigenvalue weighted by atomic mass is 9.93. The van der Waals surface area contributed by atoms with Gasteiger partial charge in [-0.15, -0.1) is 0 Å². The summed E-state index contributed by atoms with van der Waals surface area (Å²) in [6, 6.07) is 1.80. The van der Waals surface area contributed by atoms with Crippen molar-refractivity contribution in [3.63, 3.8) is 0 Å². The van der Waals surface area contributed by atoms with E-state index in [1.807, 2.05) is 6.92 Å². The molecule has 1 aromatic rings. The predicted molar refractivity (Wildman–Crippen MR) is 64.5 cm³/mol. The fraction of sp³-hybridized carbons (Fsp3) is 0.500.